The number of amides is 1. The summed E-state index contributed by atoms with van der Waals surface area (Å²) < 4.78 is 6.27. The first-order chi connectivity index (χ1) is 13.2. The van der Waals surface area contributed by atoms with Gasteiger partial charge in [0, 0.05) is 30.8 Å². The third kappa shape index (κ3) is 3.63. The number of esters is 1. The van der Waals surface area contributed by atoms with Crippen LogP contribution in [0.25, 0.3) is 0 Å². The van der Waals surface area contributed by atoms with Crippen LogP contribution in [0.5, 0.6) is 0 Å². The van der Waals surface area contributed by atoms with Gasteiger partial charge in [0.2, 0.25) is 0 Å². The van der Waals surface area contributed by atoms with Gasteiger partial charge in [-0.2, -0.15) is 0 Å². The number of ether oxygens (including phenoxy) is 1. The van der Waals surface area contributed by atoms with Crippen molar-refractivity contribution in [1.29, 1.82) is 0 Å². The highest BCUT2D eigenvalue weighted by Gasteiger charge is 2.55. The van der Waals surface area contributed by atoms with Crippen molar-refractivity contribution < 1.29 is 24.5 Å². The van der Waals surface area contributed by atoms with E-state index in [9.17, 15) is 24.6 Å². The molecular formula is C19H25ClN2O6. The van der Waals surface area contributed by atoms with Gasteiger partial charge in [0.05, 0.1) is 29.3 Å². The Bertz CT molecular complexity index is 832. The fourth-order valence-electron chi connectivity index (χ4n) is 4.58. The average molecular weight is 413 g/mol. The minimum Gasteiger partial charge on any atom is -0.465 e. The molecule has 1 atom stereocenters. The van der Waals surface area contributed by atoms with Crippen LogP contribution in [-0.4, -0.2) is 57.0 Å². The number of nitrogens with zero attached hydrogens (tertiary/aromatic N) is 2. The lowest BCUT2D eigenvalue weighted by Gasteiger charge is -2.51. The highest BCUT2D eigenvalue weighted by Crippen LogP contribution is 2.51. The van der Waals surface area contributed by atoms with E-state index in [1.54, 1.807) is 6.92 Å². The van der Waals surface area contributed by atoms with E-state index in [2.05, 4.69) is 0 Å². The molecule has 8 nitrogen and oxygen atoms in total. The molecular weight excluding hydrogens is 388 g/mol. The number of pyridine rings is 1. The van der Waals surface area contributed by atoms with E-state index in [0.717, 1.165) is 18.9 Å². The van der Waals surface area contributed by atoms with Crippen LogP contribution in [0.3, 0.4) is 0 Å². The van der Waals surface area contributed by atoms with Gasteiger partial charge in [0.1, 0.15) is 0 Å². The van der Waals surface area contributed by atoms with Gasteiger partial charge in [-0.3, -0.25) is 4.79 Å². The van der Waals surface area contributed by atoms with Crippen LogP contribution in [0.15, 0.2) is 17.1 Å². The van der Waals surface area contributed by atoms with E-state index in [-0.39, 0.29) is 43.2 Å². The summed E-state index contributed by atoms with van der Waals surface area (Å²) in [4.78, 5) is 37.4. The van der Waals surface area contributed by atoms with Gasteiger partial charge in [0.15, 0.2) is 0 Å². The van der Waals surface area contributed by atoms with Crippen LogP contribution in [0.1, 0.15) is 49.4 Å². The van der Waals surface area contributed by atoms with Crippen molar-refractivity contribution in [3.05, 3.63) is 33.2 Å². The van der Waals surface area contributed by atoms with Crippen molar-refractivity contribution in [1.82, 2.24) is 9.47 Å². The first-order valence-electron chi connectivity index (χ1n) is 9.49. The van der Waals surface area contributed by atoms with E-state index in [0.29, 0.717) is 12.8 Å². The third-order valence-corrected chi connectivity index (χ3v) is 6.42. The molecule has 1 amide bonds. The third-order valence-electron chi connectivity index (χ3n) is 6.11. The number of hydrogen-bond donors (Lipinski definition) is 2. The Labute approximate surface area is 167 Å². The number of halogens is 1. The highest BCUT2D eigenvalue weighted by atomic mass is 35.5. The van der Waals surface area contributed by atoms with E-state index in [4.69, 9.17) is 16.3 Å². The second-order valence-corrected chi connectivity index (χ2v) is 8.10. The highest BCUT2D eigenvalue weighted by molar-refractivity contribution is 6.33. The molecule has 1 aromatic rings. The Kier molecular flexibility index (Phi) is 5.72. The van der Waals surface area contributed by atoms with Crippen molar-refractivity contribution in [2.45, 2.75) is 51.2 Å². The molecule has 1 aliphatic heterocycles. The quantitative estimate of drug-likeness (QED) is 0.735. The first-order valence-corrected chi connectivity index (χ1v) is 9.86. The number of carbonyl (C=O) groups is 2. The summed E-state index contributed by atoms with van der Waals surface area (Å²) in [5.41, 5.74) is -2.22. The molecule has 2 N–H and O–H groups in total. The molecule has 1 unspecified atom stereocenters. The number of rotatable bonds is 4. The van der Waals surface area contributed by atoms with Crippen molar-refractivity contribution >= 4 is 23.7 Å². The van der Waals surface area contributed by atoms with Crippen LogP contribution in [0.2, 0.25) is 5.02 Å². The number of carboxylic acid groups (broad SMARTS) is 1. The Balaban J connectivity index is 1.95. The minimum atomic E-state index is -1.25. The van der Waals surface area contributed by atoms with Gasteiger partial charge in [-0.1, -0.05) is 24.4 Å². The molecule has 2 aliphatic rings. The SMILES string of the molecule is CCOC(=O)c1cn(CC2(O)CCN(C(=O)O)CC23CCCC3)c(=O)cc1Cl. The minimum absolute atomic E-state index is 0.00275. The Morgan fingerprint density at radius 1 is 1.29 bits per heavy atom. The van der Waals surface area contributed by atoms with E-state index >= 15 is 0 Å². The number of hydrogen-bond acceptors (Lipinski definition) is 5. The topological polar surface area (TPSA) is 109 Å². The van der Waals surface area contributed by atoms with E-state index in [1.807, 2.05) is 0 Å². The van der Waals surface area contributed by atoms with Gasteiger partial charge in [-0.15, -0.1) is 0 Å². The van der Waals surface area contributed by atoms with Crippen molar-refractivity contribution in [3.63, 3.8) is 0 Å². The summed E-state index contributed by atoms with van der Waals surface area (Å²) in [6.07, 6.45) is 3.75. The lowest BCUT2D eigenvalue weighted by molar-refractivity contribution is -0.137. The maximum Gasteiger partial charge on any atom is 0.407 e. The number of aromatic nitrogens is 1. The van der Waals surface area contributed by atoms with Crippen LogP contribution in [-0.2, 0) is 11.3 Å². The molecule has 28 heavy (non-hydrogen) atoms. The van der Waals surface area contributed by atoms with Gasteiger partial charge in [0.25, 0.3) is 5.56 Å². The van der Waals surface area contributed by atoms with Crippen molar-refractivity contribution in [2.24, 2.45) is 5.41 Å². The van der Waals surface area contributed by atoms with Crippen molar-refractivity contribution in [2.75, 3.05) is 19.7 Å². The first kappa shape index (κ1) is 20.7. The van der Waals surface area contributed by atoms with Crippen LogP contribution >= 0.6 is 11.6 Å². The molecule has 0 aromatic carbocycles. The summed E-state index contributed by atoms with van der Waals surface area (Å²) in [6.45, 7) is 2.26. The fraction of sp³-hybridized carbons (Fsp3) is 0.632. The van der Waals surface area contributed by atoms with Crippen LogP contribution < -0.4 is 5.56 Å². The normalized spacial score (nSPS) is 23.8. The Hall–Kier alpha value is -2.06. The number of carbonyl (C=O) groups excluding carboxylic acids is 1. The molecule has 3 rings (SSSR count). The molecule has 9 heteroatoms. The zero-order valence-corrected chi connectivity index (χ0v) is 16.6. The summed E-state index contributed by atoms with van der Waals surface area (Å²) >= 11 is 6.04. The second kappa shape index (κ2) is 7.75. The average Bonchev–Trinajstić information content (AvgIpc) is 3.10. The molecule has 1 aliphatic carbocycles. The molecule has 1 saturated heterocycles. The maximum atomic E-state index is 12.5. The van der Waals surface area contributed by atoms with Gasteiger partial charge in [-0.05, 0) is 26.2 Å². The molecule has 1 spiro atoms. The second-order valence-electron chi connectivity index (χ2n) is 7.69. The molecule has 2 fully saturated rings. The predicted molar refractivity (Wildman–Crippen MR) is 102 cm³/mol. The maximum absolute atomic E-state index is 12.5. The Morgan fingerprint density at radius 2 is 1.96 bits per heavy atom. The standard InChI is InChI=1S/C19H25ClN2O6/c1-2-28-16(24)13-10-22(15(23)9-14(13)20)12-19(27)7-8-21(17(25)26)11-18(19)5-3-4-6-18/h9-10,27H,2-8,11-12H2,1H3,(H,25,26). The van der Waals surface area contributed by atoms with E-state index in [1.165, 1.54) is 15.7 Å². The summed E-state index contributed by atoms with van der Waals surface area (Å²) in [5.74, 6) is -0.635. The monoisotopic (exact) mass is 412 g/mol. The molecule has 1 saturated carbocycles. The summed E-state index contributed by atoms with van der Waals surface area (Å²) in [6, 6.07) is 1.14. The predicted octanol–water partition coefficient (Wildman–Crippen LogP) is 2.35. The van der Waals surface area contributed by atoms with E-state index < -0.39 is 28.6 Å². The van der Waals surface area contributed by atoms with Crippen LogP contribution in [0, 0.1) is 5.41 Å². The lowest BCUT2D eigenvalue weighted by Crippen LogP contribution is -2.62. The zero-order chi connectivity index (χ0) is 20.5. The number of likely N-dealkylation sites (tertiary alicyclic amines) is 1. The smallest absolute Gasteiger partial charge is 0.407 e. The largest absolute Gasteiger partial charge is 0.465 e. The summed E-state index contributed by atoms with van der Waals surface area (Å²) in [7, 11) is 0. The van der Waals surface area contributed by atoms with Gasteiger partial charge < -0.3 is 24.4 Å². The van der Waals surface area contributed by atoms with Gasteiger partial charge >= 0.3 is 12.1 Å². The summed E-state index contributed by atoms with van der Waals surface area (Å²) in [5, 5.41) is 21.0. The van der Waals surface area contributed by atoms with Crippen molar-refractivity contribution in [3.8, 4) is 0 Å². The molecule has 0 bridgehead atoms. The van der Waals surface area contributed by atoms with Gasteiger partial charge in [-0.25, -0.2) is 9.59 Å². The van der Waals surface area contributed by atoms with Crippen LogP contribution in [0.4, 0.5) is 4.79 Å². The molecule has 154 valence electrons. The number of piperidine rings is 1. The fourth-order valence-corrected chi connectivity index (χ4v) is 4.80. The molecule has 1 aromatic heterocycles. The lowest BCUT2D eigenvalue weighted by atomic mass is 9.66. The Morgan fingerprint density at radius 3 is 2.57 bits per heavy atom. The number of aliphatic hydroxyl groups is 1. The molecule has 0 radical (unpaired) electrons. The zero-order valence-electron chi connectivity index (χ0n) is 15.8. The molecule has 2 heterocycles.